The molecule has 142 valence electrons. The fourth-order valence-corrected chi connectivity index (χ4v) is 4.29. The van der Waals surface area contributed by atoms with Crippen LogP contribution in [-0.4, -0.2) is 18.4 Å². The minimum atomic E-state index is -4.24. The molecule has 9 heteroatoms. The number of fused-ring (bicyclic) bond motifs is 1. The van der Waals surface area contributed by atoms with Crippen molar-refractivity contribution in [1.82, 2.24) is 9.97 Å². The molecule has 0 fully saturated rings. The van der Waals surface area contributed by atoms with Crippen LogP contribution in [0.25, 0.3) is 22.7 Å². The molecule has 0 amide bonds. The Morgan fingerprint density at radius 3 is 2.68 bits per heavy atom. The van der Waals surface area contributed by atoms with E-state index in [1.807, 2.05) is 6.92 Å². The Morgan fingerprint density at radius 2 is 1.89 bits per heavy atom. The molecule has 4 rings (SSSR count). The van der Waals surface area contributed by atoms with E-state index in [2.05, 4.69) is 9.97 Å². The van der Waals surface area contributed by atoms with Crippen LogP contribution in [0, 0.1) is 6.92 Å². The standard InChI is InChI=1S/C19H12Cl2N2O4S/c1-11-7-8-14(27-28(24,25)16-6-2-4-13(20)17(16)21)12(10-11)19-23-18-15(26-19)5-3-9-22-18/h2-10H,1H3. The number of halogens is 2. The molecule has 2 aromatic heterocycles. The van der Waals surface area contributed by atoms with Gasteiger partial charge in [-0.3, -0.25) is 0 Å². The first-order chi connectivity index (χ1) is 13.3. The topological polar surface area (TPSA) is 82.3 Å². The minimum absolute atomic E-state index is 0.0493. The Labute approximate surface area is 170 Å². The summed E-state index contributed by atoms with van der Waals surface area (Å²) >= 11 is 12.0. The third-order valence-corrected chi connectivity index (χ3v) is 6.12. The van der Waals surface area contributed by atoms with E-state index in [0.717, 1.165) is 5.56 Å². The molecule has 6 nitrogen and oxygen atoms in total. The maximum atomic E-state index is 12.8. The van der Waals surface area contributed by atoms with E-state index in [0.29, 0.717) is 16.8 Å². The van der Waals surface area contributed by atoms with Crippen LogP contribution in [0.15, 0.2) is 64.0 Å². The molecule has 0 saturated carbocycles. The summed E-state index contributed by atoms with van der Waals surface area (Å²) in [5.41, 5.74) is 2.13. The molecule has 0 bridgehead atoms. The number of aryl methyl sites for hydroxylation is 1. The predicted molar refractivity (Wildman–Crippen MR) is 106 cm³/mol. The fourth-order valence-electron chi connectivity index (χ4n) is 2.61. The van der Waals surface area contributed by atoms with Crippen molar-refractivity contribution < 1.29 is 17.0 Å². The van der Waals surface area contributed by atoms with Crippen LogP contribution in [0.1, 0.15) is 5.56 Å². The molecule has 0 saturated heterocycles. The van der Waals surface area contributed by atoms with Crippen LogP contribution in [0.4, 0.5) is 0 Å². The van der Waals surface area contributed by atoms with Crippen molar-refractivity contribution in [3.8, 4) is 17.2 Å². The van der Waals surface area contributed by atoms with Gasteiger partial charge in [0.2, 0.25) is 5.89 Å². The summed E-state index contributed by atoms with van der Waals surface area (Å²) in [6.07, 6.45) is 1.59. The van der Waals surface area contributed by atoms with Crippen molar-refractivity contribution in [3.05, 3.63) is 70.3 Å². The second-order valence-electron chi connectivity index (χ2n) is 5.93. The van der Waals surface area contributed by atoms with E-state index < -0.39 is 10.1 Å². The van der Waals surface area contributed by atoms with E-state index in [1.54, 1.807) is 30.5 Å². The molecule has 0 aliphatic carbocycles. The lowest BCUT2D eigenvalue weighted by Gasteiger charge is -2.12. The Balaban J connectivity index is 1.82. The van der Waals surface area contributed by atoms with Gasteiger partial charge >= 0.3 is 10.1 Å². The lowest BCUT2D eigenvalue weighted by atomic mass is 10.1. The van der Waals surface area contributed by atoms with Crippen molar-refractivity contribution in [3.63, 3.8) is 0 Å². The predicted octanol–water partition coefficient (Wildman–Crippen LogP) is 5.27. The van der Waals surface area contributed by atoms with Crippen LogP contribution < -0.4 is 4.18 Å². The van der Waals surface area contributed by atoms with Gasteiger partial charge in [0.05, 0.1) is 15.6 Å². The molecular formula is C19H12Cl2N2O4S. The largest absolute Gasteiger partial charge is 0.434 e. The zero-order chi connectivity index (χ0) is 19.9. The van der Waals surface area contributed by atoms with Crippen molar-refractivity contribution in [2.75, 3.05) is 0 Å². The van der Waals surface area contributed by atoms with Gasteiger partial charge in [0, 0.05) is 6.20 Å². The molecule has 0 aliphatic heterocycles. The number of pyridine rings is 1. The number of hydrogen-bond acceptors (Lipinski definition) is 6. The quantitative estimate of drug-likeness (QED) is 0.406. The first kappa shape index (κ1) is 18.7. The van der Waals surface area contributed by atoms with Crippen molar-refractivity contribution >= 4 is 44.6 Å². The van der Waals surface area contributed by atoms with Gasteiger partial charge < -0.3 is 8.60 Å². The highest BCUT2D eigenvalue weighted by atomic mass is 35.5. The first-order valence-corrected chi connectivity index (χ1v) is 10.2. The summed E-state index contributed by atoms with van der Waals surface area (Å²) in [6, 6.07) is 12.7. The van der Waals surface area contributed by atoms with Gasteiger partial charge in [-0.15, -0.1) is 0 Å². The second kappa shape index (κ2) is 7.09. The van der Waals surface area contributed by atoms with Gasteiger partial charge in [0.15, 0.2) is 17.0 Å². The molecule has 0 N–H and O–H groups in total. The second-order valence-corrected chi connectivity index (χ2v) is 8.23. The van der Waals surface area contributed by atoms with Crippen LogP contribution in [-0.2, 0) is 10.1 Å². The molecule has 0 unspecified atom stereocenters. The summed E-state index contributed by atoms with van der Waals surface area (Å²) in [5.74, 6) is 0.244. The minimum Gasteiger partial charge on any atom is -0.434 e. The summed E-state index contributed by atoms with van der Waals surface area (Å²) in [7, 11) is -4.24. The van der Waals surface area contributed by atoms with E-state index in [1.165, 1.54) is 24.3 Å². The van der Waals surface area contributed by atoms with Gasteiger partial charge in [0.25, 0.3) is 0 Å². The van der Waals surface area contributed by atoms with E-state index >= 15 is 0 Å². The highest BCUT2D eigenvalue weighted by Crippen LogP contribution is 2.36. The number of nitrogens with zero attached hydrogens (tertiary/aromatic N) is 2. The maximum Gasteiger partial charge on any atom is 0.340 e. The van der Waals surface area contributed by atoms with Crippen LogP contribution in [0.2, 0.25) is 10.0 Å². The molecule has 0 aliphatic rings. The average Bonchev–Trinajstić information content (AvgIpc) is 3.09. The van der Waals surface area contributed by atoms with Gasteiger partial charge in [-0.2, -0.15) is 13.4 Å². The van der Waals surface area contributed by atoms with E-state index in [4.69, 9.17) is 31.8 Å². The molecular weight excluding hydrogens is 423 g/mol. The van der Waals surface area contributed by atoms with E-state index in [9.17, 15) is 8.42 Å². The Kier molecular flexibility index (Phi) is 4.74. The number of aromatic nitrogens is 2. The summed E-state index contributed by atoms with van der Waals surface area (Å²) < 4.78 is 36.7. The monoisotopic (exact) mass is 434 g/mol. The van der Waals surface area contributed by atoms with Crippen molar-refractivity contribution in [2.45, 2.75) is 11.8 Å². The van der Waals surface area contributed by atoms with E-state index in [-0.39, 0.29) is 26.6 Å². The third kappa shape index (κ3) is 3.44. The Morgan fingerprint density at radius 1 is 1.07 bits per heavy atom. The van der Waals surface area contributed by atoms with Gasteiger partial charge in [-0.05, 0) is 43.3 Å². The lowest BCUT2D eigenvalue weighted by molar-refractivity contribution is 0.485. The zero-order valence-corrected chi connectivity index (χ0v) is 16.7. The molecule has 2 heterocycles. The molecule has 28 heavy (non-hydrogen) atoms. The highest BCUT2D eigenvalue weighted by molar-refractivity contribution is 7.87. The summed E-state index contributed by atoms with van der Waals surface area (Å²) in [4.78, 5) is 8.22. The summed E-state index contributed by atoms with van der Waals surface area (Å²) in [6.45, 7) is 1.86. The highest BCUT2D eigenvalue weighted by Gasteiger charge is 2.24. The smallest absolute Gasteiger partial charge is 0.340 e. The molecule has 2 aromatic carbocycles. The number of benzene rings is 2. The average molecular weight is 435 g/mol. The Bertz CT molecular complexity index is 1270. The molecule has 0 radical (unpaired) electrons. The van der Waals surface area contributed by atoms with Crippen LogP contribution >= 0.6 is 23.2 Å². The maximum absolute atomic E-state index is 12.8. The van der Waals surface area contributed by atoms with Gasteiger partial charge in [-0.25, -0.2) is 4.98 Å². The number of rotatable bonds is 4. The molecule has 4 aromatic rings. The van der Waals surface area contributed by atoms with Crippen molar-refractivity contribution in [2.24, 2.45) is 0 Å². The normalized spacial score (nSPS) is 11.7. The molecule has 0 atom stereocenters. The van der Waals surface area contributed by atoms with Gasteiger partial charge in [0.1, 0.15) is 4.90 Å². The van der Waals surface area contributed by atoms with Gasteiger partial charge in [-0.1, -0.05) is 40.9 Å². The number of oxazole rings is 1. The third-order valence-electron chi connectivity index (χ3n) is 3.92. The SMILES string of the molecule is Cc1ccc(OS(=O)(=O)c2cccc(Cl)c2Cl)c(-c2nc3ncccc3o2)c1. The first-order valence-electron chi connectivity index (χ1n) is 8.06. The number of hydrogen-bond donors (Lipinski definition) is 0. The lowest BCUT2D eigenvalue weighted by Crippen LogP contribution is -2.11. The van der Waals surface area contributed by atoms with Crippen LogP contribution in [0.3, 0.4) is 0 Å². The van der Waals surface area contributed by atoms with Crippen molar-refractivity contribution in [1.29, 1.82) is 0 Å². The zero-order valence-electron chi connectivity index (χ0n) is 14.4. The van der Waals surface area contributed by atoms with Crippen LogP contribution in [0.5, 0.6) is 5.75 Å². The summed E-state index contributed by atoms with van der Waals surface area (Å²) in [5, 5.41) is 0.00406. The molecule has 0 spiro atoms. The fraction of sp³-hybridized carbons (Fsp3) is 0.0526. The Hall–Kier alpha value is -2.61.